The molecule has 2 heterocycles. The Balaban J connectivity index is 1.84. The topological polar surface area (TPSA) is 156 Å². The lowest BCUT2D eigenvalue weighted by atomic mass is 9.82. The summed E-state index contributed by atoms with van der Waals surface area (Å²) in [7, 11) is -2.99. The number of hydrogen-bond donors (Lipinski definition) is 1. The van der Waals surface area contributed by atoms with Crippen molar-refractivity contribution in [3.8, 4) is 0 Å². The first-order chi connectivity index (χ1) is 16.0. The molecule has 13 nitrogen and oxygen atoms in total. The number of carbonyl (C=O) groups excluding carboxylic acids is 4. The fraction of sp³-hybridized carbons (Fsp3) is 0.810. The molecule has 0 bridgehead atoms. The molecule has 2 rings (SSSR count). The number of nitrogens with zero attached hydrogens (tertiary/aromatic N) is 1. The number of methoxy groups -OCH3 is 1. The van der Waals surface area contributed by atoms with Crippen molar-refractivity contribution < 1.29 is 51.5 Å². The quantitative estimate of drug-likeness (QED) is 0.215. The predicted molar refractivity (Wildman–Crippen MR) is 120 cm³/mol. The van der Waals surface area contributed by atoms with Gasteiger partial charge in [0, 0.05) is 25.0 Å². The van der Waals surface area contributed by atoms with Crippen LogP contribution >= 0.6 is 7.82 Å². The second-order valence-corrected chi connectivity index (χ2v) is 12.0. The maximum Gasteiger partial charge on any atom is 0.478 e. The zero-order valence-corrected chi connectivity index (χ0v) is 22.1. The van der Waals surface area contributed by atoms with Crippen LogP contribution in [0.5, 0.6) is 0 Å². The largest absolute Gasteiger partial charge is 0.478 e. The molecule has 0 radical (unpaired) electrons. The van der Waals surface area contributed by atoms with Gasteiger partial charge in [-0.15, -0.1) is 0 Å². The summed E-state index contributed by atoms with van der Waals surface area (Å²) >= 11 is 0. The van der Waals surface area contributed by atoms with Gasteiger partial charge in [0.15, 0.2) is 6.10 Å². The Bertz CT molecular complexity index is 877. The summed E-state index contributed by atoms with van der Waals surface area (Å²) in [4.78, 5) is 49.7. The van der Waals surface area contributed by atoms with E-state index in [1.54, 1.807) is 41.5 Å². The summed E-state index contributed by atoms with van der Waals surface area (Å²) in [5.74, 6) is -1.77. The molecule has 200 valence electrons. The number of hydrogen-bond acceptors (Lipinski definition) is 11. The number of esters is 2. The van der Waals surface area contributed by atoms with E-state index < -0.39 is 61.1 Å². The van der Waals surface area contributed by atoms with Gasteiger partial charge in [-0.05, 0) is 27.7 Å². The van der Waals surface area contributed by atoms with Gasteiger partial charge in [0.05, 0.1) is 20.1 Å². The summed E-state index contributed by atoms with van der Waals surface area (Å²) in [6.45, 7) is 9.50. The molecular formula is C21H35N2O11P. The van der Waals surface area contributed by atoms with Crippen molar-refractivity contribution in [2.75, 3.05) is 40.1 Å². The van der Waals surface area contributed by atoms with Crippen molar-refractivity contribution in [2.24, 2.45) is 10.8 Å². The van der Waals surface area contributed by atoms with E-state index >= 15 is 0 Å². The molecule has 2 aliphatic heterocycles. The van der Waals surface area contributed by atoms with Gasteiger partial charge in [-0.25, -0.2) is 13.9 Å². The van der Waals surface area contributed by atoms with Crippen LogP contribution in [-0.2, 0) is 46.7 Å². The number of likely N-dealkylation sites (tertiary alicyclic amines) is 1. The van der Waals surface area contributed by atoms with E-state index in [1.165, 1.54) is 12.0 Å². The van der Waals surface area contributed by atoms with Gasteiger partial charge in [0.2, 0.25) is 12.7 Å². The second kappa shape index (κ2) is 10.8. The number of phosphoric ester groups is 1. The highest BCUT2D eigenvalue weighted by Crippen LogP contribution is 2.57. The smallest absolute Gasteiger partial charge is 0.469 e. The third-order valence-corrected chi connectivity index (χ3v) is 6.59. The maximum atomic E-state index is 12.9. The second-order valence-electron chi connectivity index (χ2n) is 10.4. The first-order valence-corrected chi connectivity index (χ1v) is 12.5. The fourth-order valence-electron chi connectivity index (χ4n) is 3.28. The summed E-state index contributed by atoms with van der Waals surface area (Å²) in [5, 5.41) is 2.52. The van der Waals surface area contributed by atoms with Gasteiger partial charge in [-0.2, -0.15) is 0 Å². The van der Waals surface area contributed by atoms with Crippen LogP contribution < -0.4 is 5.32 Å². The molecule has 0 aromatic rings. The van der Waals surface area contributed by atoms with E-state index in [0.29, 0.717) is 0 Å². The van der Waals surface area contributed by atoms with Crippen molar-refractivity contribution in [2.45, 2.75) is 59.7 Å². The molecule has 0 spiro atoms. The summed E-state index contributed by atoms with van der Waals surface area (Å²) < 4.78 is 43.4. The average molecular weight is 522 g/mol. The Morgan fingerprint density at radius 3 is 2.34 bits per heavy atom. The lowest BCUT2D eigenvalue weighted by Crippen LogP contribution is -2.61. The molecule has 0 saturated carbocycles. The van der Waals surface area contributed by atoms with Gasteiger partial charge < -0.3 is 24.4 Å². The molecule has 2 saturated heterocycles. The van der Waals surface area contributed by atoms with E-state index in [1.807, 2.05) is 0 Å². The molecule has 2 fully saturated rings. The van der Waals surface area contributed by atoms with Crippen LogP contribution in [0, 0.1) is 10.8 Å². The Morgan fingerprint density at radius 1 is 1.14 bits per heavy atom. The molecule has 0 aromatic heterocycles. The monoisotopic (exact) mass is 522 g/mol. The highest BCUT2D eigenvalue weighted by atomic mass is 31.2. The standard InChI is InChI=1S/C21H35N2O11P/c1-19(2,3)33-18(27)23-10-21(6,11-23)17(26)30-13-32-35(28)31-12-20(4,5)15(34-35)16(25)22-9-8-14(24)29-7/h15H,8-13H2,1-7H3,(H,22,25)/t15-,35?/m0/s1. The van der Waals surface area contributed by atoms with Crippen LogP contribution in [0.25, 0.3) is 0 Å². The van der Waals surface area contributed by atoms with Crippen LogP contribution in [-0.4, -0.2) is 80.7 Å². The molecule has 0 aliphatic carbocycles. The minimum Gasteiger partial charge on any atom is -0.469 e. The summed E-state index contributed by atoms with van der Waals surface area (Å²) in [5.41, 5.74) is -2.49. The van der Waals surface area contributed by atoms with Gasteiger partial charge >= 0.3 is 25.9 Å². The normalized spacial score (nSPS) is 25.1. The lowest BCUT2D eigenvalue weighted by molar-refractivity contribution is -0.173. The fourth-order valence-corrected chi connectivity index (χ4v) is 4.78. The summed E-state index contributed by atoms with van der Waals surface area (Å²) in [6, 6.07) is 0. The molecule has 1 unspecified atom stereocenters. The van der Waals surface area contributed by atoms with Crippen molar-refractivity contribution in [1.29, 1.82) is 0 Å². The highest BCUT2D eigenvalue weighted by Gasteiger charge is 2.51. The van der Waals surface area contributed by atoms with Gasteiger partial charge in [0.1, 0.15) is 11.0 Å². The van der Waals surface area contributed by atoms with Gasteiger partial charge in [-0.1, -0.05) is 13.8 Å². The highest BCUT2D eigenvalue weighted by molar-refractivity contribution is 7.48. The molecule has 2 atom stereocenters. The number of rotatable bonds is 8. The molecule has 14 heteroatoms. The van der Waals surface area contributed by atoms with Crippen LogP contribution in [0.2, 0.25) is 0 Å². The summed E-state index contributed by atoms with van der Waals surface area (Å²) in [6.07, 6.45) is -1.78. The molecule has 2 amide bonds. The van der Waals surface area contributed by atoms with Crippen LogP contribution in [0.4, 0.5) is 4.79 Å². The minimum atomic E-state index is -4.22. The predicted octanol–water partition coefficient (Wildman–Crippen LogP) is 1.99. The van der Waals surface area contributed by atoms with Crippen LogP contribution in [0.1, 0.15) is 48.0 Å². The van der Waals surface area contributed by atoms with E-state index in [4.69, 9.17) is 23.0 Å². The van der Waals surface area contributed by atoms with Gasteiger partial charge in [0.25, 0.3) is 0 Å². The van der Waals surface area contributed by atoms with Crippen LogP contribution in [0.3, 0.4) is 0 Å². The number of phosphoric acid groups is 1. The Hall–Kier alpha value is -2.21. The number of amides is 2. The van der Waals surface area contributed by atoms with E-state index in [-0.39, 0.29) is 32.7 Å². The Morgan fingerprint density at radius 2 is 1.77 bits per heavy atom. The zero-order valence-electron chi connectivity index (χ0n) is 21.2. The van der Waals surface area contributed by atoms with Crippen LogP contribution in [0.15, 0.2) is 0 Å². The Labute approximate surface area is 204 Å². The third kappa shape index (κ3) is 7.89. The molecular weight excluding hydrogens is 487 g/mol. The average Bonchev–Trinajstić information content (AvgIpc) is 2.71. The first-order valence-electron chi connectivity index (χ1n) is 11.1. The lowest BCUT2D eigenvalue weighted by Gasteiger charge is -2.45. The van der Waals surface area contributed by atoms with E-state index in [2.05, 4.69) is 10.1 Å². The molecule has 1 N–H and O–H groups in total. The third-order valence-electron chi connectivity index (χ3n) is 5.26. The number of nitrogens with one attached hydrogen (secondary N) is 1. The molecule has 2 aliphatic rings. The molecule has 35 heavy (non-hydrogen) atoms. The SMILES string of the molecule is COC(=O)CCNC(=O)[C@@H]1OP(=O)(OCOC(=O)C2(C)CN(C(=O)OC(C)(C)C)C2)OCC1(C)C. The van der Waals surface area contributed by atoms with Crippen molar-refractivity contribution >= 4 is 31.8 Å². The number of carbonyl (C=O) groups is 4. The number of ether oxygens (including phenoxy) is 3. The van der Waals surface area contributed by atoms with Crippen molar-refractivity contribution in [3.05, 3.63) is 0 Å². The van der Waals surface area contributed by atoms with E-state index in [9.17, 15) is 23.7 Å². The first kappa shape index (κ1) is 29.0. The van der Waals surface area contributed by atoms with Crippen molar-refractivity contribution in [1.82, 2.24) is 10.2 Å². The van der Waals surface area contributed by atoms with E-state index in [0.717, 1.165) is 0 Å². The molecule has 0 aromatic carbocycles. The van der Waals surface area contributed by atoms with Crippen molar-refractivity contribution in [3.63, 3.8) is 0 Å². The Kier molecular flexibility index (Phi) is 8.97. The van der Waals surface area contributed by atoms with Gasteiger partial charge in [-0.3, -0.25) is 23.4 Å². The zero-order chi connectivity index (χ0) is 26.7. The minimum absolute atomic E-state index is 0.00394. The maximum absolute atomic E-state index is 12.9.